The second kappa shape index (κ2) is 3.94. The molecule has 5 nitrogen and oxygen atoms in total. The van der Waals surface area contributed by atoms with E-state index in [-0.39, 0.29) is 0 Å². The van der Waals surface area contributed by atoms with Crippen LogP contribution in [0.25, 0.3) is 0 Å². The molecule has 1 aromatic rings. The van der Waals surface area contributed by atoms with Gasteiger partial charge in [-0.3, -0.25) is 4.79 Å². The molecule has 7 heteroatoms. The lowest BCUT2D eigenvalue weighted by Gasteiger charge is -2.04. The van der Waals surface area contributed by atoms with Crippen molar-refractivity contribution in [2.75, 3.05) is 6.26 Å². The minimum absolute atomic E-state index is 0.494. The quantitative estimate of drug-likeness (QED) is 0.851. The molecule has 2 rings (SSSR count). The molecule has 0 aromatic heterocycles. The number of sulfone groups is 1. The van der Waals surface area contributed by atoms with Crippen LogP contribution < -0.4 is 5.73 Å². The predicted molar refractivity (Wildman–Crippen MR) is 67.4 cm³/mol. The number of halogens is 1. The minimum atomic E-state index is -3.53. The summed E-state index contributed by atoms with van der Waals surface area (Å²) in [7, 11) is -3.53. The topological polar surface area (TPSA) is 97.5 Å². The molecule has 1 saturated carbocycles. The lowest BCUT2D eigenvalue weighted by Crippen LogP contribution is -2.39. The first-order valence-electron chi connectivity index (χ1n) is 5.15. The first-order chi connectivity index (χ1) is 8.19. The van der Waals surface area contributed by atoms with Gasteiger partial charge in [0.1, 0.15) is 5.54 Å². The van der Waals surface area contributed by atoms with Gasteiger partial charge in [0, 0.05) is 17.2 Å². The highest BCUT2D eigenvalue weighted by molar-refractivity contribution is 7.91. The van der Waals surface area contributed by atoms with Crippen molar-refractivity contribution in [1.82, 2.24) is 0 Å². The first kappa shape index (κ1) is 13.3. The van der Waals surface area contributed by atoms with Crippen LogP contribution in [0.2, 0.25) is 5.02 Å². The van der Waals surface area contributed by atoms with Gasteiger partial charge in [-0.2, -0.15) is 0 Å². The van der Waals surface area contributed by atoms with Gasteiger partial charge in [-0.05, 0) is 17.7 Å². The average molecular weight is 290 g/mol. The van der Waals surface area contributed by atoms with Crippen molar-refractivity contribution in [3.8, 4) is 0 Å². The zero-order valence-corrected chi connectivity index (χ0v) is 11.1. The van der Waals surface area contributed by atoms with E-state index in [0.717, 1.165) is 6.26 Å². The van der Waals surface area contributed by atoms with Gasteiger partial charge in [0.05, 0.1) is 5.25 Å². The summed E-state index contributed by atoms with van der Waals surface area (Å²) in [6.45, 7) is 0. The molecule has 1 fully saturated rings. The highest BCUT2D eigenvalue weighted by atomic mass is 35.5. The number of carbonyl (C=O) groups is 1. The maximum atomic E-state index is 11.6. The van der Waals surface area contributed by atoms with Crippen LogP contribution in [0.5, 0.6) is 0 Å². The van der Waals surface area contributed by atoms with Crippen LogP contribution in [0.1, 0.15) is 11.5 Å². The van der Waals surface area contributed by atoms with E-state index in [1.807, 2.05) is 0 Å². The highest BCUT2D eigenvalue weighted by Gasteiger charge is 2.73. The van der Waals surface area contributed by atoms with Crippen molar-refractivity contribution in [2.24, 2.45) is 5.73 Å². The number of aliphatic carboxylic acids is 1. The van der Waals surface area contributed by atoms with Crippen molar-refractivity contribution in [3.63, 3.8) is 0 Å². The molecule has 0 aliphatic heterocycles. The summed E-state index contributed by atoms with van der Waals surface area (Å²) in [5.41, 5.74) is 4.54. The molecule has 1 aliphatic rings. The Bertz CT molecular complexity index is 598. The van der Waals surface area contributed by atoms with E-state index in [1.54, 1.807) is 24.3 Å². The molecule has 1 aliphatic carbocycles. The van der Waals surface area contributed by atoms with Gasteiger partial charge in [-0.15, -0.1) is 0 Å². The van der Waals surface area contributed by atoms with Gasteiger partial charge < -0.3 is 10.8 Å². The van der Waals surface area contributed by atoms with Gasteiger partial charge in [-0.1, -0.05) is 23.7 Å². The molecule has 3 atom stereocenters. The third-order valence-electron chi connectivity index (χ3n) is 3.24. The van der Waals surface area contributed by atoms with Crippen molar-refractivity contribution < 1.29 is 18.3 Å². The zero-order valence-electron chi connectivity index (χ0n) is 9.50. The van der Waals surface area contributed by atoms with Crippen molar-refractivity contribution in [2.45, 2.75) is 16.7 Å². The molecule has 0 bridgehead atoms. The molecule has 0 unspecified atom stereocenters. The van der Waals surface area contributed by atoms with Crippen LogP contribution in [-0.2, 0) is 14.6 Å². The number of nitrogens with two attached hydrogens (primary N) is 1. The number of carboxylic acids is 1. The second-order valence-electron chi connectivity index (χ2n) is 4.52. The molecule has 3 N–H and O–H groups in total. The Hall–Kier alpha value is -1.11. The van der Waals surface area contributed by atoms with Crippen LogP contribution >= 0.6 is 11.6 Å². The Balaban J connectivity index is 2.45. The minimum Gasteiger partial charge on any atom is -0.480 e. The number of hydrogen-bond acceptors (Lipinski definition) is 4. The molecule has 0 heterocycles. The van der Waals surface area contributed by atoms with Crippen LogP contribution in [0.3, 0.4) is 0 Å². The molecule has 0 spiro atoms. The van der Waals surface area contributed by atoms with Crippen LogP contribution in [0, 0.1) is 0 Å². The van der Waals surface area contributed by atoms with Gasteiger partial charge in [-0.25, -0.2) is 8.42 Å². The molecule has 0 amide bonds. The maximum Gasteiger partial charge on any atom is 0.325 e. The Morgan fingerprint density at radius 2 is 1.89 bits per heavy atom. The Morgan fingerprint density at radius 3 is 2.22 bits per heavy atom. The van der Waals surface area contributed by atoms with Gasteiger partial charge in [0.15, 0.2) is 9.84 Å². The third kappa shape index (κ3) is 1.90. The van der Waals surface area contributed by atoms with Gasteiger partial charge in [0.2, 0.25) is 0 Å². The molecule has 18 heavy (non-hydrogen) atoms. The fraction of sp³-hybridized carbons (Fsp3) is 0.364. The summed E-state index contributed by atoms with van der Waals surface area (Å²) in [6.07, 6.45) is 0.998. The molecule has 0 saturated heterocycles. The number of benzene rings is 1. The molecular weight excluding hydrogens is 278 g/mol. The highest BCUT2D eigenvalue weighted by Crippen LogP contribution is 2.54. The van der Waals surface area contributed by atoms with E-state index in [9.17, 15) is 13.2 Å². The SMILES string of the molecule is CS(=O)(=O)[C@@H]1[C@H](c2ccc(Cl)cc2)[C@@]1(N)C(=O)O. The number of carboxylic acid groups (broad SMARTS) is 1. The average Bonchev–Trinajstić information content (AvgIpc) is 2.87. The number of rotatable bonds is 3. The summed E-state index contributed by atoms with van der Waals surface area (Å²) in [6, 6.07) is 6.36. The standard InChI is InChI=1S/C11H12ClNO4S/c1-18(16,17)9-8(11(9,13)10(14)15)6-2-4-7(12)5-3-6/h2-5,8-9H,13H2,1H3,(H,14,15)/t8-,9+,11-/m0/s1. The smallest absolute Gasteiger partial charge is 0.325 e. The van der Waals surface area contributed by atoms with Gasteiger partial charge in [0.25, 0.3) is 0 Å². The van der Waals surface area contributed by atoms with Crippen LogP contribution in [0.4, 0.5) is 0 Å². The van der Waals surface area contributed by atoms with E-state index in [2.05, 4.69) is 0 Å². The maximum absolute atomic E-state index is 11.6. The molecule has 0 radical (unpaired) electrons. The molecule has 1 aromatic carbocycles. The molecule has 98 valence electrons. The predicted octanol–water partition coefficient (Wildman–Crippen LogP) is 0.633. The summed E-state index contributed by atoms with van der Waals surface area (Å²) >= 11 is 5.73. The Kier molecular flexibility index (Phi) is 2.92. The third-order valence-corrected chi connectivity index (χ3v) is 5.08. The van der Waals surface area contributed by atoms with Crippen LogP contribution in [0.15, 0.2) is 24.3 Å². The summed E-state index contributed by atoms with van der Waals surface area (Å²) in [5, 5.41) is 8.52. The Labute approximate surface area is 109 Å². The first-order valence-corrected chi connectivity index (χ1v) is 7.49. The summed E-state index contributed by atoms with van der Waals surface area (Å²) in [5.74, 6) is -2.04. The van der Waals surface area contributed by atoms with Crippen molar-refractivity contribution in [3.05, 3.63) is 34.9 Å². The normalized spacial score (nSPS) is 31.1. The van der Waals surface area contributed by atoms with Crippen molar-refractivity contribution >= 4 is 27.4 Å². The largest absolute Gasteiger partial charge is 0.480 e. The lowest BCUT2D eigenvalue weighted by atomic mass is 10.1. The number of hydrogen-bond donors (Lipinski definition) is 2. The van der Waals surface area contributed by atoms with E-state index in [1.165, 1.54) is 0 Å². The van der Waals surface area contributed by atoms with E-state index in [4.69, 9.17) is 22.4 Å². The Morgan fingerprint density at radius 1 is 1.39 bits per heavy atom. The fourth-order valence-electron chi connectivity index (χ4n) is 2.35. The monoisotopic (exact) mass is 289 g/mol. The van der Waals surface area contributed by atoms with E-state index >= 15 is 0 Å². The van der Waals surface area contributed by atoms with E-state index < -0.39 is 32.5 Å². The molecular formula is C11H12ClNO4S. The van der Waals surface area contributed by atoms with Gasteiger partial charge >= 0.3 is 5.97 Å². The van der Waals surface area contributed by atoms with E-state index in [0.29, 0.717) is 10.6 Å². The zero-order chi connectivity index (χ0) is 13.7. The lowest BCUT2D eigenvalue weighted by molar-refractivity contribution is -0.139. The van der Waals surface area contributed by atoms with Crippen LogP contribution in [-0.4, -0.2) is 36.5 Å². The summed E-state index contributed by atoms with van der Waals surface area (Å²) in [4.78, 5) is 11.2. The summed E-state index contributed by atoms with van der Waals surface area (Å²) < 4.78 is 23.2. The second-order valence-corrected chi connectivity index (χ2v) is 7.12. The van der Waals surface area contributed by atoms with Crippen molar-refractivity contribution in [1.29, 1.82) is 0 Å². The fourth-order valence-corrected chi connectivity index (χ4v) is 4.23.